The number of pyridine rings is 1. The van der Waals surface area contributed by atoms with Crippen molar-refractivity contribution >= 4 is 17.7 Å². The van der Waals surface area contributed by atoms with E-state index in [9.17, 15) is 9.90 Å². The molecule has 1 aliphatic carbocycles. The summed E-state index contributed by atoms with van der Waals surface area (Å²) in [6, 6.07) is 3.75. The summed E-state index contributed by atoms with van der Waals surface area (Å²) in [5.74, 6) is -0.0613. The Morgan fingerprint density at radius 2 is 2.17 bits per heavy atom. The summed E-state index contributed by atoms with van der Waals surface area (Å²) in [7, 11) is 0. The first kappa shape index (κ1) is 13.4. The van der Waals surface area contributed by atoms with Crippen molar-refractivity contribution in [3.8, 4) is 0 Å². The summed E-state index contributed by atoms with van der Waals surface area (Å²) >= 11 is 1.47. The predicted molar refractivity (Wildman–Crippen MR) is 71.7 cm³/mol. The normalized spacial score (nSPS) is 23.7. The molecule has 1 heterocycles. The fourth-order valence-electron chi connectivity index (χ4n) is 2.21. The number of thioether (sulfide) groups is 1. The molecule has 1 aromatic heterocycles. The molecule has 0 radical (unpaired) electrons. The highest BCUT2D eigenvalue weighted by Crippen LogP contribution is 2.20. The molecule has 0 saturated heterocycles. The van der Waals surface area contributed by atoms with Gasteiger partial charge in [0.2, 0.25) is 0 Å². The monoisotopic (exact) mass is 266 g/mol. The number of nitrogens with zero attached hydrogens (tertiary/aromatic N) is 1. The quantitative estimate of drug-likeness (QED) is 0.819. The molecule has 1 saturated carbocycles. The third-order valence-corrected chi connectivity index (χ3v) is 3.95. The largest absolute Gasteiger partial charge is 0.393 e. The molecule has 0 aliphatic heterocycles. The third kappa shape index (κ3) is 3.23. The van der Waals surface area contributed by atoms with E-state index in [4.69, 9.17) is 0 Å². The molecule has 5 heteroatoms. The van der Waals surface area contributed by atoms with E-state index in [0.717, 1.165) is 30.7 Å². The lowest BCUT2D eigenvalue weighted by Gasteiger charge is -2.26. The van der Waals surface area contributed by atoms with Crippen molar-refractivity contribution in [2.45, 2.75) is 42.9 Å². The van der Waals surface area contributed by atoms with E-state index in [0.29, 0.717) is 5.56 Å². The van der Waals surface area contributed by atoms with E-state index in [1.807, 2.05) is 6.26 Å². The molecule has 0 spiro atoms. The summed E-state index contributed by atoms with van der Waals surface area (Å²) in [4.78, 5) is 16.3. The standard InChI is InChI=1S/C13H18N2O2S/c1-18-13-11(3-2-8-14-13)12(17)15-9-4-6-10(16)7-5-9/h2-3,8-10,16H,4-7H2,1H3,(H,15,17). The predicted octanol–water partition coefficient (Wildman–Crippen LogP) is 1.84. The van der Waals surface area contributed by atoms with Gasteiger partial charge in [0.1, 0.15) is 5.03 Å². The van der Waals surface area contributed by atoms with Gasteiger partial charge >= 0.3 is 0 Å². The van der Waals surface area contributed by atoms with E-state index in [1.165, 1.54) is 11.8 Å². The van der Waals surface area contributed by atoms with Crippen molar-refractivity contribution in [2.75, 3.05) is 6.26 Å². The number of hydrogen-bond donors (Lipinski definition) is 2. The molecule has 1 fully saturated rings. The summed E-state index contributed by atoms with van der Waals surface area (Å²) in [6.45, 7) is 0. The van der Waals surface area contributed by atoms with E-state index in [-0.39, 0.29) is 18.1 Å². The van der Waals surface area contributed by atoms with Gasteiger partial charge in [0, 0.05) is 12.2 Å². The van der Waals surface area contributed by atoms with Crippen LogP contribution in [0.3, 0.4) is 0 Å². The molecular weight excluding hydrogens is 248 g/mol. The number of carbonyl (C=O) groups is 1. The maximum Gasteiger partial charge on any atom is 0.254 e. The van der Waals surface area contributed by atoms with Gasteiger partial charge in [-0.25, -0.2) is 4.98 Å². The molecular formula is C13H18N2O2S. The van der Waals surface area contributed by atoms with Crippen LogP contribution in [0.5, 0.6) is 0 Å². The second-order valence-corrected chi connectivity index (χ2v) is 5.33. The average molecular weight is 266 g/mol. The van der Waals surface area contributed by atoms with Gasteiger partial charge < -0.3 is 10.4 Å². The summed E-state index contributed by atoms with van der Waals surface area (Å²) < 4.78 is 0. The fraction of sp³-hybridized carbons (Fsp3) is 0.538. The third-order valence-electron chi connectivity index (χ3n) is 3.24. The molecule has 0 aromatic carbocycles. The number of aliphatic hydroxyl groups is 1. The van der Waals surface area contributed by atoms with E-state index in [1.54, 1.807) is 18.3 Å². The van der Waals surface area contributed by atoms with Crippen molar-refractivity contribution in [1.82, 2.24) is 10.3 Å². The Kier molecular flexibility index (Phi) is 4.60. The van der Waals surface area contributed by atoms with Crippen molar-refractivity contribution < 1.29 is 9.90 Å². The first-order valence-corrected chi connectivity index (χ1v) is 7.41. The zero-order chi connectivity index (χ0) is 13.0. The summed E-state index contributed by atoms with van der Waals surface area (Å²) in [5, 5.41) is 13.2. The van der Waals surface area contributed by atoms with Gasteiger partial charge in [-0.05, 0) is 44.1 Å². The number of nitrogens with one attached hydrogen (secondary N) is 1. The van der Waals surface area contributed by atoms with Gasteiger partial charge in [0.15, 0.2) is 0 Å². The van der Waals surface area contributed by atoms with Gasteiger partial charge in [-0.1, -0.05) is 0 Å². The molecule has 1 aliphatic rings. The smallest absolute Gasteiger partial charge is 0.254 e. The van der Waals surface area contributed by atoms with Gasteiger partial charge in [-0.2, -0.15) is 0 Å². The van der Waals surface area contributed by atoms with Gasteiger partial charge in [-0.15, -0.1) is 11.8 Å². The minimum atomic E-state index is -0.196. The summed E-state index contributed by atoms with van der Waals surface area (Å²) in [5.41, 5.74) is 0.635. The number of aliphatic hydroxyl groups excluding tert-OH is 1. The fourth-order valence-corrected chi connectivity index (χ4v) is 2.76. The van der Waals surface area contributed by atoms with Crippen LogP contribution in [-0.4, -0.2) is 34.4 Å². The molecule has 0 unspecified atom stereocenters. The Labute approximate surface area is 111 Å². The van der Waals surface area contributed by atoms with Crippen LogP contribution in [0, 0.1) is 0 Å². The van der Waals surface area contributed by atoms with Crippen molar-refractivity contribution in [2.24, 2.45) is 0 Å². The molecule has 0 atom stereocenters. The molecule has 2 N–H and O–H groups in total. The zero-order valence-electron chi connectivity index (χ0n) is 10.4. The van der Waals surface area contributed by atoms with Gasteiger partial charge in [0.05, 0.1) is 11.7 Å². The minimum absolute atomic E-state index is 0.0613. The van der Waals surface area contributed by atoms with Crippen molar-refractivity contribution in [3.63, 3.8) is 0 Å². The minimum Gasteiger partial charge on any atom is -0.393 e. The molecule has 4 nitrogen and oxygen atoms in total. The molecule has 1 amide bonds. The van der Waals surface area contributed by atoms with Crippen LogP contribution < -0.4 is 5.32 Å². The Morgan fingerprint density at radius 1 is 1.44 bits per heavy atom. The number of rotatable bonds is 3. The maximum atomic E-state index is 12.1. The highest BCUT2D eigenvalue weighted by molar-refractivity contribution is 7.98. The maximum absolute atomic E-state index is 12.1. The average Bonchev–Trinajstić information content (AvgIpc) is 2.41. The number of hydrogen-bond acceptors (Lipinski definition) is 4. The topological polar surface area (TPSA) is 62.2 Å². The lowest BCUT2D eigenvalue weighted by Crippen LogP contribution is -2.38. The highest BCUT2D eigenvalue weighted by Gasteiger charge is 2.22. The van der Waals surface area contributed by atoms with Crippen molar-refractivity contribution in [1.29, 1.82) is 0 Å². The molecule has 18 heavy (non-hydrogen) atoms. The summed E-state index contributed by atoms with van der Waals surface area (Å²) in [6.07, 6.45) is 6.65. The van der Waals surface area contributed by atoms with Crippen LogP contribution >= 0.6 is 11.8 Å². The molecule has 1 aromatic rings. The van der Waals surface area contributed by atoms with Crippen LogP contribution in [0.4, 0.5) is 0 Å². The second kappa shape index (κ2) is 6.20. The van der Waals surface area contributed by atoms with Crippen LogP contribution in [0.15, 0.2) is 23.4 Å². The second-order valence-electron chi connectivity index (χ2n) is 4.54. The molecule has 2 rings (SSSR count). The Hall–Kier alpha value is -1.07. The van der Waals surface area contributed by atoms with Crippen LogP contribution in [0.25, 0.3) is 0 Å². The van der Waals surface area contributed by atoms with Crippen LogP contribution in [-0.2, 0) is 0 Å². The Bertz CT molecular complexity index is 417. The lowest BCUT2D eigenvalue weighted by atomic mass is 9.93. The SMILES string of the molecule is CSc1ncccc1C(=O)NC1CCC(O)CC1. The van der Waals surface area contributed by atoms with Crippen LogP contribution in [0.1, 0.15) is 36.0 Å². The van der Waals surface area contributed by atoms with Gasteiger partial charge in [0.25, 0.3) is 5.91 Å². The van der Waals surface area contributed by atoms with E-state index >= 15 is 0 Å². The Morgan fingerprint density at radius 3 is 2.83 bits per heavy atom. The van der Waals surface area contributed by atoms with Crippen molar-refractivity contribution in [3.05, 3.63) is 23.9 Å². The van der Waals surface area contributed by atoms with E-state index in [2.05, 4.69) is 10.3 Å². The first-order valence-electron chi connectivity index (χ1n) is 6.18. The number of amides is 1. The molecule has 98 valence electrons. The number of aromatic nitrogens is 1. The Balaban J connectivity index is 1.99. The first-order chi connectivity index (χ1) is 8.70. The van der Waals surface area contributed by atoms with E-state index < -0.39 is 0 Å². The number of carbonyl (C=O) groups excluding carboxylic acids is 1. The van der Waals surface area contributed by atoms with Crippen LogP contribution in [0.2, 0.25) is 0 Å². The highest BCUT2D eigenvalue weighted by atomic mass is 32.2. The zero-order valence-corrected chi connectivity index (χ0v) is 11.2. The lowest BCUT2D eigenvalue weighted by molar-refractivity contribution is 0.0864. The van der Waals surface area contributed by atoms with Gasteiger partial charge in [-0.3, -0.25) is 4.79 Å². The molecule has 0 bridgehead atoms.